The smallest absolute Gasteiger partial charge is 0.220 e. The Hall–Kier alpha value is -1.35. The molecule has 34 heavy (non-hydrogen) atoms. The summed E-state index contributed by atoms with van der Waals surface area (Å²) in [5.41, 5.74) is 2.09. The first-order valence-electron chi connectivity index (χ1n) is 14.3. The third-order valence-electron chi connectivity index (χ3n) is 11.6. The number of benzene rings is 1. The highest BCUT2D eigenvalue weighted by Gasteiger charge is 2.60. The highest BCUT2D eigenvalue weighted by molar-refractivity contribution is 5.75. The molecule has 2 N–H and O–H groups in total. The summed E-state index contributed by atoms with van der Waals surface area (Å²) in [6.07, 6.45) is 13.2. The second-order valence-electron chi connectivity index (χ2n) is 13.1. The molecule has 188 valence electrons. The molecule has 3 heteroatoms. The van der Waals surface area contributed by atoms with Crippen LogP contribution in [0.1, 0.15) is 97.0 Å². The summed E-state index contributed by atoms with van der Waals surface area (Å²) in [5, 5.41) is 13.4. The van der Waals surface area contributed by atoms with Gasteiger partial charge in [-0.15, -0.1) is 0 Å². The van der Waals surface area contributed by atoms with E-state index in [0.29, 0.717) is 29.7 Å². The number of aliphatic hydroxyl groups excluding tert-OH is 1. The summed E-state index contributed by atoms with van der Waals surface area (Å²) >= 11 is 0. The van der Waals surface area contributed by atoms with Crippen LogP contribution < -0.4 is 5.32 Å². The summed E-state index contributed by atoms with van der Waals surface area (Å²) < 4.78 is 0. The molecule has 4 aliphatic rings. The highest BCUT2D eigenvalue weighted by atomic mass is 16.3. The average Bonchev–Trinajstić information content (AvgIpc) is 3.19. The van der Waals surface area contributed by atoms with Gasteiger partial charge in [-0.05, 0) is 116 Å². The van der Waals surface area contributed by atoms with Crippen molar-refractivity contribution in [3.8, 4) is 0 Å². The SMILES string of the molecule is C[C@H](CCC(=O)NCc1ccccc1)[C@H]1CC[C@H]2[C@@H]3CC[C@@H]4C[C@H](O)CC[C@]4(C)[C@H]3CC[C@]12C. The molecule has 1 amide bonds. The summed E-state index contributed by atoms with van der Waals surface area (Å²) in [7, 11) is 0. The van der Waals surface area contributed by atoms with Crippen LogP contribution in [0.2, 0.25) is 0 Å². The molecule has 1 aromatic rings. The second kappa shape index (κ2) is 9.60. The fourth-order valence-electron chi connectivity index (χ4n) is 9.66. The van der Waals surface area contributed by atoms with Crippen molar-refractivity contribution >= 4 is 5.91 Å². The van der Waals surface area contributed by atoms with Crippen molar-refractivity contribution in [1.29, 1.82) is 0 Å². The largest absolute Gasteiger partial charge is 0.393 e. The number of carbonyl (C=O) groups is 1. The normalized spacial score (nSPS) is 42.2. The minimum atomic E-state index is -0.0508. The first kappa shape index (κ1) is 24.3. The molecule has 0 aliphatic heterocycles. The van der Waals surface area contributed by atoms with Gasteiger partial charge in [0.25, 0.3) is 0 Å². The van der Waals surface area contributed by atoms with Gasteiger partial charge < -0.3 is 10.4 Å². The number of rotatable bonds is 6. The van der Waals surface area contributed by atoms with Crippen molar-refractivity contribution in [3.05, 3.63) is 35.9 Å². The number of hydrogen-bond donors (Lipinski definition) is 2. The monoisotopic (exact) mass is 465 g/mol. The number of carbonyl (C=O) groups excluding carboxylic acids is 1. The molecule has 4 aliphatic carbocycles. The molecule has 1 aromatic carbocycles. The van der Waals surface area contributed by atoms with E-state index in [4.69, 9.17) is 0 Å². The number of hydrogen-bond acceptors (Lipinski definition) is 2. The molecule has 9 atom stereocenters. The maximum absolute atomic E-state index is 12.5. The van der Waals surface area contributed by atoms with Crippen LogP contribution in [0.5, 0.6) is 0 Å². The maximum atomic E-state index is 12.5. The van der Waals surface area contributed by atoms with Crippen LogP contribution in [-0.4, -0.2) is 17.1 Å². The topological polar surface area (TPSA) is 49.3 Å². The summed E-state index contributed by atoms with van der Waals surface area (Å²) in [5.74, 6) is 4.95. The first-order valence-corrected chi connectivity index (χ1v) is 14.3. The van der Waals surface area contributed by atoms with E-state index in [2.05, 4.69) is 38.2 Å². The molecular formula is C31H47NO2. The van der Waals surface area contributed by atoms with E-state index in [0.717, 1.165) is 48.9 Å². The Labute approximate surface area is 207 Å². The lowest BCUT2D eigenvalue weighted by Gasteiger charge is -2.61. The fraction of sp³-hybridized carbons (Fsp3) is 0.774. The van der Waals surface area contributed by atoms with Crippen LogP contribution in [0.15, 0.2) is 30.3 Å². The fourth-order valence-corrected chi connectivity index (χ4v) is 9.66. The predicted octanol–water partition coefficient (Wildman–Crippen LogP) is 6.74. The van der Waals surface area contributed by atoms with Gasteiger partial charge in [0.1, 0.15) is 0 Å². The van der Waals surface area contributed by atoms with Crippen molar-refractivity contribution in [1.82, 2.24) is 5.32 Å². The van der Waals surface area contributed by atoms with Gasteiger partial charge in [-0.1, -0.05) is 51.1 Å². The number of nitrogens with one attached hydrogen (secondary N) is 1. The van der Waals surface area contributed by atoms with Crippen molar-refractivity contribution in [3.63, 3.8) is 0 Å². The summed E-state index contributed by atoms with van der Waals surface area (Å²) in [6, 6.07) is 10.2. The van der Waals surface area contributed by atoms with E-state index in [1.165, 1.54) is 50.5 Å². The Balaban J connectivity index is 1.18. The van der Waals surface area contributed by atoms with Gasteiger partial charge in [0, 0.05) is 13.0 Å². The van der Waals surface area contributed by atoms with Crippen molar-refractivity contribution in [2.45, 2.75) is 104 Å². The Kier molecular flexibility index (Phi) is 6.88. The van der Waals surface area contributed by atoms with E-state index < -0.39 is 0 Å². The molecule has 0 spiro atoms. The van der Waals surface area contributed by atoms with Crippen molar-refractivity contribution in [2.75, 3.05) is 0 Å². The average molecular weight is 466 g/mol. The second-order valence-corrected chi connectivity index (χ2v) is 13.1. The van der Waals surface area contributed by atoms with Crippen LogP contribution in [-0.2, 0) is 11.3 Å². The summed E-state index contributed by atoms with van der Waals surface area (Å²) in [6.45, 7) is 8.27. The van der Waals surface area contributed by atoms with Gasteiger partial charge in [-0.3, -0.25) is 4.79 Å². The predicted molar refractivity (Wildman–Crippen MR) is 138 cm³/mol. The summed E-state index contributed by atoms with van der Waals surface area (Å²) in [4.78, 5) is 12.5. The first-order chi connectivity index (χ1) is 16.3. The van der Waals surface area contributed by atoms with Crippen LogP contribution in [0.25, 0.3) is 0 Å². The molecule has 0 radical (unpaired) electrons. The molecular weight excluding hydrogens is 418 g/mol. The van der Waals surface area contributed by atoms with Crippen LogP contribution in [0, 0.1) is 46.3 Å². The van der Waals surface area contributed by atoms with Gasteiger partial charge in [0.2, 0.25) is 5.91 Å². The Morgan fingerprint density at radius 1 is 1.00 bits per heavy atom. The van der Waals surface area contributed by atoms with E-state index in [9.17, 15) is 9.90 Å². The number of fused-ring (bicyclic) bond motifs is 5. The van der Waals surface area contributed by atoms with E-state index >= 15 is 0 Å². The molecule has 4 fully saturated rings. The molecule has 0 bridgehead atoms. The van der Waals surface area contributed by atoms with E-state index in [-0.39, 0.29) is 12.0 Å². The molecule has 0 saturated heterocycles. The third-order valence-corrected chi connectivity index (χ3v) is 11.6. The van der Waals surface area contributed by atoms with Crippen molar-refractivity contribution < 1.29 is 9.90 Å². The minimum absolute atomic E-state index is 0.0508. The molecule has 5 rings (SSSR count). The van der Waals surface area contributed by atoms with Gasteiger partial charge in [-0.25, -0.2) is 0 Å². The van der Waals surface area contributed by atoms with Gasteiger partial charge in [-0.2, -0.15) is 0 Å². The van der Waals surface area contributed by atoms with E-state index in [1.807, 2.05) is 18.2 Å². The standard InChI is InChI=1S/C31H47NO2/c1-21(9-14-29(34)32-20-22-7-5-4-6-8-22)26-12-13-27-25-11-10-23-19-24(33)15-17-30(23,2)28(25)16-18-31(26,27)3/h4-8,21,23-28,33H,9-20H2,1-3H3,(H,32,34)/t21-,23-,24-,25+,26-,27+,28+,30+,31-/m1/s1. The Morgan fingerprint density at radius 3 is 2.53 bits per heavy atom. The van der Waals surface area contributed by atoms with Crippen LogP contribution >= 0.6 is 0 Å². The lowest BCUT2D eigenvalue weighted by atomic mass is 9.44. The highest BCUT2D eigenvalue weighted by Crippen LogP contribution is 2.68. The lowest BCUT2D eigenvalue weighted by Crippen LogP contribution is -2.54. The van der Waals surface area contributed by atoms with Gasteiger partial charge >= 0.3 is 0 Å². The molecule has 4 saturated carbocycles. The van der Waals surface area contributed by atoms with Crippen LogP contribution in [0.3, 0.4) is 0 Å². The number of aliphatic hydroxyl groups is 1. The lowest BCUT2D eigenvalue weighted by molar-refractivity contribution is -0.130. The Bertz CT molecular complexity index is 854. The zero-order chi connectivity index (χ0) is 23.9. The van der Waals surface area contributed by atoms with Gasteiger partial charge in [0.05, 0.1) is 6.10 Å². The molecule has 0 unspecified atom stereocenters. The number of amides is 1. The minimum Gasteiger partial charge on any atom is -0.393 e. The van der Waals surface area contributed by atoms with Crippen molar-refractivity contribution in [2.24, 2.45) is 46.3 Å². The molecule has 0 aromatic heterocycles. The van der Waals surface area contributed by atoms with Gasteiger partial charge in [0.15, 0.2) is 0 Å². The quantitative estimate of drug-likeness (QED) is 0.489. The van der Waals surface area contributed by atoms with E-state index in [1.54, 1.807) is 0 Å². The Morgan fingerprint density at radius 2 is 1.74 bits per heavy atom. The van der Waals surface area contributed by atoms with Crippen LogP contribution in [0.4, 0.5) is 0 Å². The maximum Gasteiger partial charge on any atom is 0.220 e. The molecule has 0 heterocycles. The molecule has 3 nitrogen and oxygen atoms in total. The third kappa shape index (κ3) is 4.36. The zero-order valence-corrected chi connectivity index (χ0v) is 21.8. The zero-order valence-electron chi connectivity index (χ0n) is 21.8.